The normalized spacial score (nSPS) is 19.4. The van der Waals surface area contributed by atoms with Crippen molar-refractivity contribution in [3.8, 4) is 0 Å². The second-order valence-corrected chi connectivity index (χ2v) is 6.04. The van der Waals surface area contributed by atoms with Gasteiger partial charge in [0.1, 0.15) is 12.1 Å². The molecule has 5 nitrogen and oxygen atoms in total. The molecule has 0 bridgehead atoms. The SMILES string of the molecule is O=C(N1CCCn2ncnc21)C1(c2cccc(F)c2)CCC1. The van der Waals surface area contributed by atoms with Gasteiger partial charge in [0, 0.05) is 13.1 Å². The number of carbonyl (C=O) groups is 1. The molecule has 0 unspecified atom stereocenters. The third-order valence-electron chi connectivity index (χ3n) is 4.83. The number of aryl methyl sites for hydroxylation is 1. The Labute approximate surface area is 127 Å². The van der Waals surface area contributed by atoms with Crippen molar-refractivity contribution in [3.05, 3.63) is 42.0 Å². The summed E-state index contributed by atoms with van der Waals surface area (Å²) in [5, 5.41) is 4.15. The van der Waals surface area contributed by atoms with Crippen molar-refractivity contribution in [1.29, 1.82) is 0 Å². The average molecular weight is 300 g/mol. The van der Waals surface area contributed by atoms with E-state index in [1.54, 1.807) is 15.6 Å². The zero-order valence-corrected chi connectivity index (χ0v) is 12.2. The summed E-state index contributed by atoms with van der Waals surface area (Å²) in [4.78, 5) is 19.1. The molecule has 2 aliphatic rings. The molecule has 4 rings (SSSR count). The van der Waals surface area contributed by atoms with Gasteiger partial charge in [0.15, 0.2) is 0 Å². The summed E-state index contributed by atoms with van der Waals surface area (Å²) in [5.74, 6) is 0.343. The van der Waals surface area contributed by atoms with Gasteiger partial charge in [-0.25, -0.2) is 9.07 Å². The fourth-order valence-corrected chi connectivity index (χ4v) is 3.50. The van der Waals surface area contributed by atoms with Gasteiger partial charge in [-0.1, -0.05) is 18.6 Å². The van der Waals surface area contributed by atoms with E-state index in [1.807, 2.05) is 6.07 Å². The Morgan fingerprint density at radius 2 is 2.09 bits per heavy atom. The number of halogens is 1. The van der Waals surface area contributed by atoms with E-state index in [0.717, 1.165) is 37.8 Å². The van der Waals surface area contributed by atoms with Crippen LogP contribution in [0.5, 0.6) is 0 Å². The molecule has 0 saturated heterocycles. The Balaban J connectivity index is 1.73. The maximum Gasteiger partial charge on any atom is 0.239 e. The van der Waals surface area contributed by atoms with Crippen LogP contribution in [-0.2, 0) is 16.8 Å². The molecule has 1 saturated carbocycles. The Morgan fingerprint density at radius 1 is 1.23 bits per heavy atom. The van der Waals surface area contributed by atoms with Crippen LogP contribution >= 0.6 is 0 Å². The minimum Gasteiger partial charge on any atom is -0.280 e. The van der Waals surface area contributed by atoms with E-state index in [4.69, 9.17) is 0 Å². The molecular formula is C16H17FN4O. The number of benzene rings is 1. The Bertz CT molecular complexity index is 722. The van der Waals surface area contributed by atoms with Crippen LogP contribution in [0, 0.1) is 5.82 Å². The van der Waals surface area contributed by atoms with E-state index in [-0.39, 0.29) is 11.7 Å². The predicted octanol–water partition coefficient (Wildman–Crippen LogP) is 2.28. The van der Waals surface area contributed by atoms with Gasteiger partial charge in [-0.05, 0) is 37.0 Å². The minimum absolute atomic E-state index is 0.0262. The molecule has 1 aliphatic heterocycles. The van der Waals surface area contributed by atoms with Gasteiger partial charge in [0.2, 0.25) is 11.9 Å². The second-order valence-electron chi connectivity index (χ2n) is 6.04. The molecule has 114 valence electrons. The first-order chi connectivity index (χ1) is 10.7. The van der Waals surface area contributed by atoms with Crippen molar-refractivity contribution in [2.75, 3.05) is 11.4 Å². The molecule has 0 spiro atoms. The van der Waals surface area contributed by atoms with Gasteiger partial charge in [0.05, 0.1) is 5.41 Å². The lowest BCUT2D eigenvalue weighted by molar-refractivity contribution is -0.127. The molecule has 1 fully saturated rings. The van der Waals surface area contributed by atoms with Gasteiger partial charge in [-0.15, -0.1) is 0 Å². The van der Waals surface area contributed by atoms with Crippen LogP contribution in [0.15, 0.2) is 30.6 Å². The summed E-state index contributed by atoms with van der Waals surface area (Å²) in [6, 6.07) is 6.44. The Hall–Kier alpha value is -2.24. The molecule has 1 aliphatic carbocycles. The molecule has 1 aromatic carbocycles. The Morgan fingerprint density at radius 3 is 2.82 bits per heavy atom. The Kier molecular flexibility index (Phi) is 2.99. The average Bonchev–Trinajstić information content (AvgIpc) is 2.94. The molecule has 1 amide bonds. The number of aromatic nitrogens is 3. The van der Waals surface area contributed by atoms with Crippen LogP contribution in [0.25, 0.3) is 0 Å². The maximum atomic E-state index is 13.6. The van der Waals surface area contributed by atoms with E-state index in [2.05, 4.69) is 10.1 Å². The predicted molar refractivity (Wildman–Crippen MR) is 78.9 cm³/mol. The van der Waals surface area contributed by atoms with Gasteiger partial charge in [0.25, 0.3) is 0 Å². The fraction of sp³-hybridized carbons (Fsp3) is 0.438. The maximum absolute atomic E-state index is 13.6. The lowest BCUT2D eigenvalue weighted by atomic mass is 9.63. The number of hydrogen-bond donors (Lipinski definition) is 0. The summed E-state index contributed by atoms with van der Waals surface area (Å²) in [6.07, 6.45) is 4.86. The second kappa shape index (κ2) is 4.90. The highest BCUT2D eigenvalue weighted by atomic mass is 19.1. The molecule has 0 radical (unpaired) electrons. The number of rotatable bonds is 2. The number of nitrogens with zero attached hydrogens (tertiary/aromatic N) is 4. The number of amides is 1. The van der Waals surface area contributed by atoms with Crippen LogP contribution < -0.4 is 4.90 Å². The van der Waals surface area contributed by atoms with Gasteiger partial charge >= 0.3 is 0 Å². The molecule has 0 atom stereocenters. The van der Waals surface area contributed by atoms with E-state index in [9.17, 15) is 9.18 Å². The third kappa shape index (κ3) is 1.86. The molecular weight excluding hydrogens is 283 g/mol. The molecule has 0 N–H and O–H groups in total. The van der Waals surface area contributed by atoms with E-state index in [0.29, 0.717) is 12.5 Å². The van der Waals surface area contributed by atoms with Crippen molar-refractivity contribution in [3.63, 3.8) is 0 Å². The van der Waals surface area contributed by atoms with Crippen molar-refractivity contribution in [1.82, 2.24) is 14.8 Å². The quantitative estimate of drug-likeness (QED) is 0.855. The van der Waals surface area contributed by atoms with E-state index < -0.39 is 5.41 Å². The van der Waals surface area contributed by atoms with Crippen molar-refractivity contribution in [2.45, 2.75) is 37.6 Å². The number of fused-ring (bicyclic) bond motifs is 1. The smallest absolute Gasteiger partial charge is 0.239 e. The molecule has 22 heavy (non-hydrogen) atoms. The summed E-state index contributed by atoms with van der Waals surface area (Å²) in [5.41, 5.74) is 0.177. The standard InChI is InChI=1S/C16H17FN4O/c17-13-5-1-4-12(10-13)16(6-2-7-16)14(22)20-8-3-9-21-15(20)18-11-19-21/h1,4-5,10-11H,2-3,6-9H2. The van der Waals surface area contributed by atoms with Crippen LogP contribution in [0.2, 0.25) is 0 Å². The van der Waals surface area contributed by atoms with Crippen LogP contribution in [-0.4, -0.2) is 27.2 Å². The molecule has 2 heterocycles. The highest BCUT2D eigenvalue weighted by Gasteiger charge is 2.49. The largest absolute Gasteiger partial charge is 0.280 e. The lowest BCUT2D eigenvalue weighted by Gasteiger charge is -2.44. The molecule has 1 aromatic heterocycles. The van der Waals surface area contributed by atoms with Gasteiger partial charge in [-0.2, -0.15) is 10.1 Å². The van der Waals surface area contributed by atoms with Gasteiger partial charge < -0.3 is 0 Å². The zero-order chi connectivity index (χ0) is 15.2. The van der Waals surface area contributed by atoms with Gasteiger partial charge in [-0.3, -0.25) is 9.69 Å². The lowest BCUT2D eigenvalue weighted by Crippen LogP contribution is -2.53. The monoisotopic (exact) mass is 300 g/mol. The van der Waals surface area contributed by atoms with E-state index in [1.165, 1.54) is 18.5 Å². The fourth-order valence-electron chi connectivity index (χ4n) is 3.50. The number of anilines is 1. The highest BCUT2D eigenvalue weighted by Crippen LogP contribution is 2.46. The number of carbonyl (C=O) groups excluding carboxylic acids is 1. The first kappa shape index (κ1) is 13.4. The summed E-state index contributed by atoms with van der Waals surface area (Å²) in [6.45, 7) is 1.43. The third-order valence-corrected chi connectivity index (χ3v) is 4.83. The summed E-state index contributed by atoms with van der Waals surface area (Å²) >= 11 is 0. The van der Waals surface area contributed by atoms with Crippen molar-refractivity contribution < 1.29 is 9.18 Å². The topological polar surface area (TPSA) is 51.0 Å². The highest BCUT2D eigenvalue weighted by molar-refractivity contribution is 6.01. The van der Waals surface area contributed by atoms with Crippen LogP contribution in [0.3, 0.4) is 0 Å². The van der Waals surface area contributed by atoms with Crippen molar-refractivity contribution >= 4 is 11.9 Å². The summed E-state index contributed by atoms with van der Waals surface area (Å²) < 4.78 is 15.4. The molecule has 6 heteroatoms. The van der Waals surface area contributed by atoms with Crippen LogP contribution in [0.1, 0.15) is 31.2 Å². The van der Waals surface area contributed by atoms with Crippen molar-refractivity contribution in [2.24, 2.45) is 0 Å². The minimum atomic E-state index is -0.601. The first-order valence-electron chi connectivity index (χ1n) is 7.66. The molecule has 2 aromatic rings. The summed E-state index contributed by atoms with van der Waals surface area (Å²) in [7, 11) is 0. The zero-order valence-electron chi connectivity index (χ0n) is 12.2. The first-order valence-corrected chi connectivity index (χ1v) is 7.66. The number of hydrogen-bond acceptors (Lipinski definition) is 3. The van der Waals surface area contributed by atoms with E-state index >= 15 is 0 Å². The van der Waals surface area contributed by atoms with Crippen LogP contribution in [0.4, 0.5) is 10.3 Å².